The van der Waals surface area contributed by atoms with Crippen molar-refractivity contribution in [3.63, 3.8) is 0 Å². The lowest BCUT2D eigenvalue weighted by molar-refractivity contribution is -0.141. The van der Waals surface area contributed by atoms with E-state index in [-0.39, 0.29) is 36.3 Å². The van der Waals surface area contributed by atoms with Gasteiger partial charge >= 0.3 is 12.1 Å². The zero-order chi connectivity index (χ0) is 23.1. The van der Waals surface area contributed by atoms with Crippen molar-refractivity contribution in [2.75, 3.05) is 34.2 Å². The second kappa shape index (κ2) is 8.38. The third-order valence-corrected chi connectivity index (χ3v) is 6.39. The summed E-state index contributed by atoms with van der Waals surface area (Å²) in [7, 11) is 2.98. The van der Waals surface area contributed by atoms with Crippen LogP contribution in [0.5, 0.6) is 28.7 Å². The van der Waals surface area contributed by atoms with Gasteiger partial charge in [0, 0.05) is 18.4 Å². The first-order chi connectivity index (χ1) is 16.0. The standard InChI is InChI=1S/C24H25NO8/c1-4-25-24(27)33-22-18(28-2)7-13(8-19(22)29-3)20-15-9-17-16(31-11-32-17)6-12(15)5-14-10-30-23(26)21(14)20/h6-9,14,20-21H,4-5,10-11H2,1-3H3,(H,25,27)/t14-,20+,21-/m0/s1. The Labute approximate surface area is 190 Å². The fourth-order valence-corrected chi connectivity index (χ4v) is 4.96. The van der Waals surface area contributed by atoms with Crippen LogP contribution in [0.3, 0.4) is 0 Å². The molecule has 0 spiro atoms. The molecule has 1 saturated heterocycles. The maximum absolute atomic E-state index is 12.8. The lowest BCUT2D eigenvalue weighted by atomic mass is 9.67. The molecule has 2 heterocycles. The van der Waals surface area contributed by atoms with Crippen molar-refractivity contribution in [3.05, 3.63) is 41.0 Å². The van der Waals surface area contributed by atoms with Crippen molar-refractivity contribution in [2.45, 2.75) is 19.3 Å². The molecule has 1 fully saturated rings. The number of benzene rings is 2. The second-order valence-electron chi connectivity index (χ2n) is 8.18. The van der Waals surface area contributed by atoms with Crippen molar-refractivity contribution < 1.29 is 38.0 Å². The Kier molecular flexibility index (Phi) is 5.39. The zero-order valence-electron chi connectivity index (χ0n) is 18.6. The highest BCUT2D eigenvalue weighted by molar-refractivity contribution is 5.79. The molecule has 0 saturated carbocycles. The molecule has 1 aliphatic carbocycles. The summed E-state index contributed by atoms with van der Waals surface area (Å²) in [6.07, 6.45) is 0.0999. The number of esters is 1. The molecule has 0 bridgehead atoms. The summed E-state index contributed by atoms with van der Waals surface area (Å²) in [4.78, 5) is 24.9. The highest BCUT2D eigenvalue weighted by Gasteiger charge is 2.48. The first-order valence-electron chi connectivity index (χ1n) is 10.8. The average molecular weight is 455 g/mol. The number of cyclic esters (lactones) is 1. The van der Waals surface area contributed by atoms with Gasteiger partial charge in [0.15, 0.2) is 23.0 Å². The van der Waals surface area contributed by atoms with E-state index >= 15 is 0 Å². The quantitative estimate of drug-likeness (QED) is 0.687. The zero-order valence-corrected chi connectivity index (χ0v) is 18.6. The second-order valence-corrected chi connectivity index (χ2v) is 8.18. The van der Waals surface area contributed by atoms with Gasteiger partial charge in [-0.25, -0.2) is 4.79 Å². The molecule has 9 heteroatoms. The SMILES string of the molecule is CCNC(=O)Oc1c(OC)cc([C@@H]2c3cc4c(cc3C[C@H]3COC(=O)[C@@H]32)OCO4)cc1OC. The molecule has 174 valence electrons. The van der Waals surface area contributed by atoms with E-state index in [0.29, 0.717) is 42.6 Å². The van der Waals surface area contributed by atoms with Crippen LogP contribution in [0.15, 0.2) is 24.3 Å². The molecule has 0 radical (unpaired) electrons. The molecular weight excluding hydrogens is 430 g/mol. The third kappa shape index (κ3) is 3.57. The number of fused-ring (bicyclic) bond motifs is 3. The Balaban J connectivity index is 1.64. The van der Waals surface area contributed by atoms with Gasteiger partial charge in [0.2, 0.25) is 12.5 Å². The minimum Gasteiger partial charge on any atom is -0.493 e. The molecule has 0 aromatic heterocycles. The molecular formula is C24H25NO8. The van der Waals surface area contributed by atoms with Gasteiger partial charge in [0.1, 0.15) is 0 Å². The van der Waals surface area contributed by atoms with Crippen molar-refractivity contribution in [2.24, 2.45) is 11.8 Å². The number of hydrogen-bond donors (Lipinski definition) is 1. The van der Waals surface area contributed by atoms with Crippen molar-refractivity contribution in [3.8, 4) is 28.7 Å². The number of amides is 1. The minimum absolute atomic E-state index is 0.0404. The summed E-state index contributed by atoms with van der Waals surface area (Å²) in [6, 6.07) is 7.50. The Morgan fingerprint density at radius 1 is 1.06 bits per heavy atom. The van der Waals surface area contributed by atoms with Crippen LogP contribution >= 0.6 is 0 Å². The summed E-state index contributed by atoms with van der Waals surface area (Å²) in [5.41, 5.74) is 2.85. The Hall–Kier alpha value is -3.62. The fourth-order valence-electron chi connectivity index (χ4n) is 4.96. The van der Waals surface area contributed by atoms with E-state index in [1.54, 1.807) is 19.1 Å². The highest BCUT2D eigenvalue weighted by Crippen LogP contribution is 2.52. The smallest absolute Gasteiger partial charge is 0.412 e. The lowest BCUT2D eigenvalue weighted by Gasteiger charge is -2.34. The largest absolute Gasteiger partial charge is 0.493 e. The summed E-state index contributed by atoms with van der Waals surface area (Å²) in [5, 5.41) is 2.59. The molecule has 9 nitrogen and oxygen atoms in total. The Bertz CT molecular complexity index is 1090. The van der Waals surface area contributed by atoms with Gasteiger partial charge < -0.3 is 33.7 Å². The van der Waals surface area contributed by atoms with Crippen LogP contribution in [0.4, 0.5) is 4.79 Å². The third-order valence-electron chi connectivity index (χ3n) is 6.39. The number of methoxy groups -OCH3 is 2. The molecule has 3 aliphatic rings. The van der Waals surface area contributed by atoms with Gasteiger partial charge in [-0.1, -0.05) is 0 Å². The van der Waals surface area contributed by atoms with Gasteiger partial charge in [-0.3, -0.25) is 4.79 Å². The molecule has 2 aliphatic heterocycles. The van der Waals surface area contributed by atoms with E-state index in [1.165, 1.54) is 14.2 Å². The predicted octanol–water partition coefficient (Wildman–Crippen LogP) is 3.02. The van der Waals surface area contributed by atoms with Crippen LogP contribution in [0, 0.1) is 11.8 Å². The van der Waals surface area contributed by atoms with Crippen LogP contribution in [-0.4, -0.2) is 46.2 Å². The summed E-state index contributed by atoms with van der Waals surface area (Å²) in [6.45, 7) is 2.76. The molecule has 33 heavy (non-hydrogen) atoms. The number of carbonyl (C=O) groups excluding carboxylic acids is 2. The number of nitrogens with one attached hydrogen (secondary N) is 1. The predicted molar refractivity (Wildman–Crippen MR) is 115 cm³/mol. The van der Waals surface area contributed by atoms with E-state index in [9.17, 15) is 9.59 Å². The van der Waals surface area contributed by atoms with Crippen LogP contribution in [-0.2, 0) is 16.0 Å². The average Bonchev–Trinajstić information content (AvgIpc) is 3.42. The van der Waals surface area contributed by atoms with Crippen LogP contribution in [0.25, 0.3) is 0 Å². The number of carbonyl (C=O) groups is 2. The molecule has 5 rings (SSSR count). The van der Waals surface area contributed by atoms with Crippen LogP contribution < -0.4 is 29.0 Å². The van der Waals surface area contributed by atoms with Gasteiger partial charge in [0.25, 0.3) is 0 Å². The van der Waals surface area contributed by atoms with Gasteiger partial charge in [-0.2, -0.15) is 0 Å². The van der Waals surface area contributed by atoms with E-state index in [2.05, 4.69) is 5.32 Å². The first kappa shape index (κ1) is 21.2. The normalized spacial score (nSPS) is 22.2. The maximum atomic E-state index is 12.8. The fraction of sp³-hybridized carbons (Fsp3) is 0.417. The van der Waals surface area contributed by atoms with E-state index < -0.39 is 6.09 Å². The number of ether oxygens (including phenoxy) is 6. The lowest BCUT2D eigenvalue weighted by Crippen LogP contribution is -2.31. The first-order valence-corrected chi connectivity index (χ1v) is 10.8. The topological polar surface area (TPSA) is 102 Å². The van der Waals surface area contributed by atoms with Gasteiger partial charge in [0.05, 0.1) is 26.7 Å². The van der Waals surface area contributed by atoms with Crippen molar-refractivity contribution >= 4 is 12.1 Å². The van der Waals surface area contributed by atoms with Crippen molar-refractivity contribution in [1.29, 1.82) is 0 Å². The minimum atomic E-state index is -0.614. The molecule has 3 atom stereocenters. The summed E-state index contributed by atoms with van der Waals surface area (Å²) < 4.78 is 33.2. The number of rotatable bonds is 5. The molecule has 2 aromatic carbocycles. The number of hydrogen-bond acceptors (Lipinski definition) is 8. The maximum Gasteiger partial charge on any atom is 0.412 e. The molecule has 0 unspecified atom stereocenters. The van der Waals surface area contributed by atoms with Gasteiger partial charge in [-0.05, 0) is 54.3 Å². The monoisotopic (exact) mass is 455 g/mol. The summed E-state index contributed by atoms with van der Waals surface area (Å²) >= 11 is 0. The van der Waals surface area contributed by atoms with Crippen LogP contribution in [0.2, 0.25) is 0 Å². The van der Waals surface area contributed by atoms with Crippen molar-refractivity contribution in [1.82, 2.24) is 5.32 Å². The molecule has 1 N–H and O–H groups in total. The van der Waals surface area contributed by atoms with Crippen LogP contribution in [0.1, 0.15) is 29.5 Å². The van der Waals surface area contributed by atoms with E-state index in [1.807, 2.05) is 12.1 Å². The van der Waals surface area contributed by atoms with E-state index in [0.717, 1.165) is 16.7 Å². The van der Waals surface area contributed by atoms with E-state index in [4.69, 9.17) is 28.4 Å². The Morgan fingerprint density at radius 2 is 1.76 bits per heavy atom. The summed E-state index contributed by atoms with van der Waals surface area (Å²) in [5.74, 6) is 1.31. The molecule has 1 amide bonds. The molecule has 2 aromatic rings. The van der Waals surface area contributed by atoms with Gasteiger partial charge in [-0.15, -0.1) is 0 Å². The Morgan fingerprint density at radius 3 is 2.42 bits per heavy atom. The highest BCUT2D eigenvalue weighted by atomic mass is 16.7.